The van der Waals surface area contributed by atoms with Crippen molar-refractivity contribution in [3.05, 3.63) is 18.0 Å². The van der Waals surface area contributed by atoms with E-state index in [0.29, 0.717) is 18.3 Å². The van der Waals surface area contributed by atoms with Gasteiger partial charge in [-0.3, -0.25) is 4.90 Å². The molecule has 1 fully saturated rings. The van der Waals surface area contributed by atoms with E-state index in [2.05, 4.69) is 39.4 Å². The zero-order chi connectivity index (χ0) is 17.3. The molecule has 132 valence electrons. The number of piperidine rings is 1. The Kier molecular flexibility index (Phi) is 4.62. The van der Waals surface area contributed by atoms with Crippen LogP contribution < -0.4 is 5.32 Å². The number of halogens is 3. The van der Waals surface area contributed by atoms with E-state index in [0.717, 1.165) is 17.6 Å². The van der Waals surface area contributed by atoms with Crippen LogP contribution in [0.15, 0.2) is 12.1 Å². The molecule has 0 aliphatic carbocycles. The predicted molar refractivity (Wildman–Crippen MR) is 83.7 cm³/mol. The minimum atomic E-state index is -4.58. The molecule has 9 heteroatoms. The summed E-state index contributed by atoms with van der Waals surface area (Å²) < 4.78 is 39.4. The molecular formula is C15H21F3N6. The molecule has 3 heterocycles. The monoisotopic (exact) mass is 342 g/mol. The first-order valence-corrected chi connectivity index (χ1v) is 8.12. The topological polar surface area (TPSA) is 58.3 Å². The molecule has 24 heavy (non-hydrogen) atoms. The van der Waals surface area contributed by atoms with Crippen molar-refractivity contribution in [1.82, 2.24) is 24.7 Å². The zero-order valence-corrected chi connectivity index (χ0v) is 13.7. The molecule has 1 saturated heterocycles. The Bertz CT molecular complexity index is 698. The second kappa shape index (κ2) is 6.54. The maximum absolute atomic E-state index is 12.9. The molecule has 0 saturated carbocycles. The Morgan fingerprint density at radius 3 is 2.83 bits per heavy atom. The second-order valence-corrected chi connectivity index (χ2v) is 6.48. The number of rotatable bonds is 4. The number of aromatic nitrogens is 4. The van der Waals surface area contributed by atoms with Crippen LogP contribution >= 0.6 is 0 Å². The van der Waals surface area contributed by atoms with Crippen LogP contribution in [0.25, 0.3) is 5.65 Å². The average Bonchev–Trinajstić information content (AvgIpc) is 2.96. The highest BCUT2D eigenvalue weighted by atomic mass is 19.4. The summed E-state index contributed by atoms with van der Waals surface area (Å²) in [5.41, 5.74) is 0.0748. The van der Waals surface area contributed by atoms with Crippen molar-refractivity contribution in [2.45, 2.75) is 38.9 Å². The molecule has 0 spiro atoms. The van der Waals surface area contributed by atoms with E-state index < -0.39 is 12.0 Å². The second-order valence-electron chi connectivity index (χ2n) is 6.48. The van der Waals surface area contributed by atoms with E-state index in [1.165, 1.54) is 18.9 Å². The molecule has 0 aromatic carbocycles. The molecule has 0 bridgehead atoms. The summed E-state index contributed by atoms with van der Waals surface area (Å²) in [5.74, 6) is -0.0502. The maximum atomic E-state index is 12.9. The van der Waals surface area contributed by atoms with Gasteiger partial charge in [-0.25, -0.2) is 0 Å². The van der Waals surface area contributed by atoms with Crippen molar-refractivity contribution >= 4 is 11.5 Å². The van der Waals surface area contributed by atoms with Gasteiger partial charge >= 0.3 is 6.18 Å². The minimum absolute atomic E-state index is 0.0748. The van der Waals surface area contributed by atoms with Crippen LogP contribution in [-0.4, -0.2) is 50.4 Å². The number of hydrogen-bond acceptors (Lipinski definition) is 5. The molecular weight excluding hydrogens is 321 g/mol. The van der Waals surface area contributed by atoms with E-state index in [1.807, 2.05) is 0 Å². The molecule has 2 aromatic heterocycles. The summed E-state index contributed by atoms with van der Waals surface area (Å²) in [6, 6.07) is 3.38. The van der Waals surface area contributed by atoms with Crippen LogP contribution in [0.5, 0.6) is 0 Å². The van der Waals surface area contributed by atoms with Crippen molar-refractivity contribution in [3.8, 4) is 0 Å². The van der Waals surface area contributed by atoms with Gasteiger partial charge in [0.05, 0.1) is 0 Å². The fourth-order valence-electron chi connectivity index (χ4n) is 3.07. The van der Waals surface area contributed by atoms with Gasteiger partial charge in [-0.15, -0.1) is 15.3 Å². The van der Waals surface area contributed by atoms with Gasteiger partial charge in [0.15, 0.2) is 5.65 Å². The van der Waals surface area contributed by atoms with Crippen molar-refractivity contribution in [3.63, 3.8) is 0 Å². The maximum Gasteiger partial charge on any atom is 0.453 e. The summed E-state index contributed by atoms with van der Waals surface area (Å²) in [4.78, 5) is 2.40. The third-order valence-corrected chi connectivity index (χ3v) is 4.41. The standard InChI is InChI=1S/C15H21F3N6/c1-10-4-3-7-23(9-10)11(2)8-19-12-5-6-13-20-21-14(15(16,17)18)24(13)22-12/h5-6,10-11H,3-4,7-9H2,1-2H3,(H,19,22)/t10-,11-/m1/s1. The van der Waals surface area contributed by atoms with E-state index in [4.69, 9.17) is 0 Å². The molecule has 2 aromatic rings. The summed E-state index contributed by atoms with van der Waals surface area (Å²) in [6.07, 6.45) is -2.14. The number of anilines is 1. The van der Waals surface area contributed by atoms with Gasteiger partial charge in [0, 0.05) is 19.1 Å². The van der Waals surface area contributed by atoms with Crippen LogP contribution in [0.3, 0.4) is 0 Å². The van der Waals surface area contributed by atoms with E-state index >= 15 is 0 Å². The fraction of sp³-hybridized carbons (Fsp3) is 0.667. The molecule has 0 unspecified atom stereocenters. The van der Waals surface area contributed by atoms with Crippen molar-refractivity contribution in [2.24, 2.45) is 5.92 Å². The van der Waals surface area contributed by atoms with Crippen molar-refractivity contribution < 1.29 is 13.2 Å². The predicted octanol–water partition coefficient (Wildman–Crippen LogP) is 2.68. The van der Waals surface area contributed by atoms with E-state index in [9.17, 15) is 13.2 Å². The third kappa shape index (κ3) is 3.61. The van der Waals surface area contributed by atoms with Crippen LogP contribution in [0, 0.1) is 5.92 Å². The van der Waals surface area contributed by atoms with Crippen LogP contribution in [0.1, 0.15) is 32.5 Å². The SMILES string of the molecule is C[C@@H]1CCCN([C@H](C)CNc2ccc3nnc(C(F)(F)F)n3n2)C1. The van der Waals surface area contributed by atoms with Gasteiger partial charge < -0.3 is 5.32 Å². The van der Waals surface area contributed by atoms with Gasteiger partial charge in [0.25, 0.3) is 5.82 Å². The van der Waals surface area contributed by atoms with E-state index in [1.54, 1.807) is 6.07 Å². The number of alkyl halides is 3. The molecule has 0 amide bonds. The van der Waals surface area contributed by atoms with Gasteiger partial charge in [-0.1, -0.05) is 6.92 Å². The molecule has 6 nitrogen and oxygen atoms in total. The number of hydrogen-bond donors (Lipinski definition) is 1. The lowest BCUT2D eigenvalue weighted by Crippen LogP contribution is -2.43. The number of fused-ring (bicyclic) bond motifs is 1. The first-order valence-electron chi connectivity index (χ1n) is 8.12. The third-order valence-electron chi connectivity index (χ3n) is 4.41. The fourth-order valence-corrected chi connectivity index (χ4v) is 3.07. The quantitative estimate of drug-likeness (QED) is 0.926. The Balaban J connectivity index is 1.69. The highest BCUT2D eigenvalue weighted by molar-refractivity contribution is 5.44. The lowest BCUT2D eigenvalue weighted by Gasteiger charge is -2.35. The summed E-state index contributed by atoms with van der Waals surface area (Å²) in [6.45, 7) is 7.09. The van der Waals surface area contributed by atoms with Gasteiger partial charge in [0.1, 0.15) is 5.82 Å². The Hall–Kier alpha value is -1.90. The molecule has 1 N–H and O–H groups in total. The Morgan fingerprint density at radius 1 is 1.33 bits per heavy atom. The first-order chi connectivity index (χ1) is 11.3. The summed E-state index contributed by atoms with van der Waals surface area (Å²) >= 11 is 0. The van der Waals surface area contributed by atoms with E-state index in [-0.39, 0.29) is 11.7 Å². The summed E-state index contributed by atoms with van der Waals surface area (Å²) in [7, 11) is 0. The molecule has 2 atom stereocenters. The van der Waals surface area contributed by atoms with Crippen LogP contribution in [-0.2, 0) is 6.18 Å². The van der Waals surface area contributed by atoms with Gasteiger partial charge in [-0.2, -0.15) is 17.7 Å². The van der Waals surface area contributed by atoms with Crippen molar-refractivity contribution in [2.75, 3.05) is 25.0 Å². The highest BCUT2D eigenvalue weighted by Gasteiger charge is 2.37. The number of likely N-dealkylation sites (tertiary alicyclic amines) is 1. The smallest absolute Gasteiger partial charge is 0.367 e. The van der Waals surface area contributed by atoms with Gasteiger partial charge in [-0.05, 0) is 44.4 Å². The lowest BCUT2D eigenvalue weighted by atomic mass is 9.99. The average molecular weight is 342 g/mol. The Morgan fingerprint density at radius 2 is 2.12 bits per heavy atom. The highest BCUT2D eigenvalue weighted by Crippen LogP contribution is 2.27. The van der Waals surface area contributed by atoms with Crippen molar-refractivity contribution in [1.29, 1.82) is 0 Å². The molecule has 1 aliphatic heterocycles. The van der Waals surface area contributed by atoms with Gasteiger partial charge in [0.2, 0.25) is 0 Å². The number of nitrogens with one attached hydrogen (secondary N) is 1. The number of nitrogens with zero attached hydrogens (tertiary/aromatic N) is 5. The Labute approximate surface area is 138 Å². The minimum Gasteiger partial charge on any atom is -0.367 e. The normalized spacial score (nSPS) is 21.1. The molecule has 1 aliphatic rings. The largest absolute Gasteiger partial charge is 0.453 e. The molecule has 0 radical (unpaired) electrons. The lowest BCUT2D eigenvalue weighted by molar-refractivity contribution is -0.146. The molecule has 3 rings (SSSR count). The van der Waals surface area contributed by atoms with Crippen LogP contribution in [0.4, 0.5) is 19.0 Å². The zero-order valence-electron chi connectivity index (χ0n) is 13.7. The first kappa shape index (κ1) is 16.9. The van der Waals surface area contributed by atoms with Crippen LogP contribution in [0.2, 0.25) is 0 Å². The summed E-state index contributed by atoms with van der Waals surface area (Å²) in [5, 5.41) is 13.8.